The summed E-state index contributed by atoms with van der Waals surface area (Å²) < 4.78 is 0. The Morgan fingerprint density at radius 3 is 3.50 bits per heavy atom. The van der Waals surface area contributed by atoms with Crippen LogP contribution in [-0.2, 0) is 0 Å². The Bertz CT molecular complexity index is 182. The molecule has 0 fully saturated rings. The van der Waals surface area contributed by atoms with Crippen molar-refractivity contribution >= 4 is 6.21 Å². The zero-order valence-corrected chi connectivity index (χ0v) is 6.01. The van der Waals surface area contributed by atoms with Crippen molar-refractivity contribution in [2.75, 3.05) is 13.1 Å². The van der Waals surface area contributed by atoms with Crippen LogP contribution in [0.3, 0.4) is 0 Å². The van der Waals surface area contributed by atoms with Crippen LogP contribution < -0.4 is 5.32 Å². The molecule has 0 saturated carbocycles. The Morgan fingerprint density at radius 2 is 2.60 bits per heavy atom. The molecule has 0 aromatic heterocycles. The van der Waals surface area contributed by atoms with E-state index >= 15 is 0 Å². The Kier molecular flexibility index (Phi) is 1.55. The molecule has 1 atom stereocenters. The summed E-state index contributed by atoms with van der Waals surface area (Å²) in [5.74, 6) is 0.707. The van der Waals surface area contributed by atoms with Crippen LogP contribution in [0.15, 0.2) is 16.8 Å². The van der Waals surface area contributed by atoms with Crippen molar-refractivity contribution in [3.05, 3.63) is 11.8 Å². The van der Waals surface area contributed by atoms with E-state index in [-0.39, 0.29) is 0 Å². The van der Waals surface area contributed by atoms with Gasteiger partial charge in [-0.25, -0.2) is 0 Å². The monoisotopic (exact) mass is 136 g/mol. The molecule has 2 heteroatoms. The maximum absolute atomic E-state index is 4.35. The van der Waals surface area contributed by atoms with Gasteiger partial charge in [-0.3, -0.25) is 4.99 Å². The van der Waals surface area contributed by atoms with E-state index in [1.807, 2.05) is 6.21 Å². The van der Waals surface area contributed by atoms with Gasteiger partial charge in [-0.15, -0.1) is 0 Å². The predicted molar refractivity (Wildman–Crippen MR) is 42.2 cm³/mol. The summed E-state index contributed by atoms with van der Waals surface area (Å²) >= 11 is 0. The summed E-state index contributed by atoms with van der Waals surface area (Å²) in [5.41, 5.74) is 1.31. The highest BCUT2D eigenvalue weighted by Crippen LogP contribution is 2.22. The molecule has 10 heavy (non-hydrogen) atoms. The van der Waals surface area contributed by atoms with E-state index in [0.29, 0.717) is 5.92 Å². The first-order valence-corrected chi connectivity index (χ1v) is 3.90. The quantitative estimate of drug-likeness (QED) is 0.527. The first-order valence-electron chi connectivity index (χ1n) is 3.90. The molecule has 0 aromatic rings. The van der Waals surface area contributed by atoms with Crippen molar-refractivity contribution in [3.63, 3.8) is 0 Å². The standard InChI is InChI=1S/C8H12N2/c1-2-7-6-9-5-3-8(7)10-4-1/h3-4,7,9H,1-2,5-6H2. The van der Waals surface area contributed by atoms with Crippen LogP contribution in [0, 0.1) is 5.92 Å². The third-order valence-corrected chi connectivity index (χ3v) is 2.15. The fraction of sp³-hybridized carbons (Fsp3) is 0.625. The molecule has 2 aliphatic rings. The fourth-order valence-corrected chi connectivity index (χ4v) is 1.56. The van der Waals surface area contributed by atoms with Gasteiger partial charge in [-0.1, -0.05) is 0 Å². The highest BCUT2D eigenvalue weighted by atomic mass is 14.9. The van der Waals surface area contributed by atoms with Gasteiger partial charge >= 0.3 is 0 Å². The number of hydrogen-bond acceptors (Lipinski definition) is 2. The van der Waals surface area contributed by atoms with Gasteiger partial charge in [0.15, 0.2) is 0 Å². The second-order valence-corrected chi connectivity index (χ2v) is 2.87. The zero-order valence-electron chi connectivity index (χ0n) is 6.01. The lowest BCUT2D eigenvalue weighted by molar-refractivity contribution is 0.491. The molecule has 1 unspecified atom stereocenters. The Morgan fingerprint density at radius 1 is 1.60 bits per heavy atom. The molecular weight excluding hydrogens is 124 g/mol. The lowest BCUT2D eigenvalue weighted by atomic mass is 9.95. The highest BCUT2D eigenvalue weighted by molar-refractivity contribution is 5.60. The molecule has 2 rings (SSSR count). The SMILES string of the molecule is C1=NC2=CCNCC2CC1. The average molecular weight is 136 g/mol. The maximum Gasteiger partial charge on any atom is 0.0416 e. The predicted octanol–water partition coefficient (Wildman–Crippen LogP) is 0.954. The van der Waals surface area contributed by atoms with Crippen molar-refractivity contribution in [1.29, 1.82) is 0 Å². The Labute approximate surface area is 61.0 Å². The van der Waals surface area contributed by atoms with Crippen LogP contribution in [0.5, 0.6) is 0 Å². The first kappa shape index (κ1) is 6.10. The molecule has 0 radical (unpaired) electrons. The molecule has 54 valence electrons. The van der Waals surface area contributed by atoms with Crippen molar-refractivity contribution in [2.24, 2.45) is 10.9 Å². The van der Waals surface area contributed by atoms with E-state index in [0.717, 1.165) is 19.5 Å². The van der Waals surface area contributed by atoms with Crippen molar-refractivity contribution in [3.8, 4) is 0 Å². The second kappa shape index (κ2) is 2.54. The molecule has 2 nitrogen and oxygen atoms in total. The van der Waals surface area contributed by atoms with Gasteiger partial charge in [0.25, 0.3) is 0 Å². The number of fused-ring (bicyclic) bond motifs is 1. The van der Waals surface area contributed by atoms with Gasteiger partial charge in [0.05, 0.1) is 0 Å². The Hall–Kier alpha value is -0.630. The summed E-state index contributed by atoms with van der Waals surface area (Å²) in [6, 6.07) is 0. The molecular formula is C8H12N2. The minimum absolute atomic E-state index is 0.707. The molecule has 0 saturated heterocycles. The largest absolute Gasteiger partial charge is 0.313 e. The van der Waals surface area contributed by atoms with Gasteiger partial charge in [0, 0.05) is 30.9 Å². The Balaban J connectivity index is 2.21. The number of hydrogen-bond donors (Lipinski definition) is 1. The molecule has 1 N–H and O–H groups in total. The van der Waals surface area contributed by atoms with E-state index in [1.165, 1.54) is 12.1 Å². The zero-order chi connectivity index (χ0) is 6.81. The molecule has 0 spiro atoms. The van der Waals surface area contributed by atoms with Gasteiger partial charge in [0.1, 0.15) is 0 Å². The van der Waals surface area contributed by atoms with Gasteiger partial charge < -0.3 is 5.32 Å². The second-order valence-electron chi connectivity index (χ2n) is 2.87. The molecule has 0 bridgehead atoms. The third kappa shape index (κ3) is 0.991. The van der Waals surface area contributed by atoms with Crippen LogP contribution in [0.1, 0.15) is 12.8 Å². The van der Waals surface area contributed by atoms with E-state index in [2.05, 4.69) is 16.4 Å². The molecule has 0 aliphatic carbocycles. The minimum Gasteiger partial charge on any atom is -0.313 e. The number of rotatable bonds is 0. The van der Waals surface area contributed by atoms with Crippen LogP contribution in [0.4, 0.5) is 0 Å². The summed E-state index contributed by atoms with van der Waals surface area (Å²) in [6.45, 7) is 2.13. The van der Waals surface area contributed by atoms with Gasteiger partial charge in [-0.05, 0) is 18.9 Å². The smallest absolute Gasteiger partial charge is 0.0416 e. The summed E-state index contributed by atoms with van der Waals surface area (Å²) in [5, 5.41) is 3.33. The van der Waals surface area contributed by atoms with Crippen molar-refractivity contribution in [2.45, 2.75) is 12.8 Å². The van der Waals surface area contributed by atoms with Crippen molar-refractivity contribution < 1.29 is 0 Å². The van der Waals surface area contributed by atoms with E-state index in [4.69, 9.17) is 0 Å². The minimum atomic E-state index is 0.707. The molecule has 0 aromatic carbocycles. The summed E-state index contributed by atoms with van der Waals surface area (Å²) in [6.07, 6.45) is 6.67. The van der Waals surface area contributed by atoms with Crippen molar-refractivity contribution in [1.82, 2.24) is 5.32 Å². The third-order valence-electron chi connectivity index (χ3n) is 2.15. The van der Waals surface area contributed by atoms with E-state index in [9.17, 15) is 0 Å². The lowest BCUT2D eigenvalue weighted by Gasteiger charge is -2.24. The number of nitrogens with zero attached hydrogens (tertiary/aromatic N) is 1. The topological polar surface area (TPSA) is 24.4 Å². The maximum atomic E-state index is 4.35. The van der Waals surface area contributed by atoms with Gasteiger partial charge in [-0.2, -0.15) is 0 Å². The van der Waals surface area contributed by atoms with E-state index < -0.39 is 0 Å². The first-order chi connectivity index (χ1) is 4.97. The normalized spacial score (nSPS) is 31.2. The lowest BCUT2D eigenvalue weighted by Crippen LogP contribution is -2.30. The number of aliphatic imine (C=N–C) groups is 1. The summed E-state index contributed by atoms with van der Waals surface area (Å²) in [7, 11) is 0. The molecule has 2 heterocycles. The summed E-state index contributed by atoms with van der Waals surface area (Å²) in [4.78, 5) is 4.35. The fourth-order valence-electron chi connectivity index (χ4n) is 1.56. The average Bonchev–Trinajstić information content (AvgIpc) is 2.05. The van der Waals surface area contributed by atoms with Crippen LogP contribution in [0.2, 0.25) is 0 Å². The van der Waals surface area contributed by atoms with Crippen LogP contribution in [-0.4, -0.2) is 19.3 Å². The number of nitrogens with one attached hydrogen (secondary N) is 1. The molecule has 2 aliphatic heterocycles. The van der Waals surface area contributed by atoms with E-state index in [1.54, 1.807) is 0 Å². The van der Waals surface area contributed by atoms with Gasteiger partial charge in [0.2, 0.25) is 0 Å². The van der Waals surface area contributed by atoms with Crippen LogP contribution in [0.25, 0.3) is 0 Å². The van der Waals surface area contributed by atoms with Crippen LogP contribution >= 0.6 is 0 Å². The highest BCUT2D eigenvalue weighted by Gasteiger charge is 2.17. The molecule has 0 amide bonds.